The molecule has 2 aromatic carbocycles. The average Bonchev–Trinajstić information content (AvgIpc) is 2.78. The number of piperidine rings is 1. The molecule has 0 atom stereocenters. The molecule has 3 rings (SSSR count). The van der Waals surface area contributed by atoms with Gasteiger partial charge in [-0.3, -0.25) is 9.59 Å². The summed E-state index contributed by atoms with van der Waals surface area (Å²) < 4.78 is 37.8. The minimum Gasteiger partial charge on any atom is -0.493 e. The number of ether oxygens (including phenoxy) is 2. The molecule has 2 amide bonds. The minimum absolute atomic E-state index is 0.118. The number of nitrogens with zero attached hydrogens (tertiary/aromatic N) is 1. The molecule has 9 nitrogen and oxygen atoms in total. The van der Waals surface area contributed by atoms with E-state index in [1.807, 2.05) is 0 Å². The standard InChI is InChI=1S/C22H27N3O6S/c1-15(26)23-17-5-4-6-18(13-17)24-22(27)16-9-11-25(12-10-16)32(28,29)19-7-8-20(30-2)21(14-19)31-3/h4-8,13-14,16H,9-12H2,1-3H3,(H,23,26)(H,24,27). The van der Waals surface area contributed by atoms with E-state index in [1.165, 1.54) is 37.6 Å². The Balaban J connectivity index is 1.63. The van der Waals surface area contributed by atoms with Gasteiger partial charge in [0, 0.05) is 43.4 Å². The number of carbonyl (C=O) groups excluding carboxylic acids is 2. The monoisotopic (exact) mass is 461 g/mol. The van der Waals surface area contributed by atoms with Gasteiger partial charge in [0.05, 0.1) is 19.1 Å². The summed E-state index contributed by atoms with van der Waals surface area (Å²) in [4.78, 5) is 24.0. The summed E-state index contributed by atoms with van der Waals surface area (Å²) in [5.41, 5.74) is 1.16. The van der Waals surface area contributed by atoms with Crippen molar-refractivity contribution in [3.05, 3.63) is 42.5 Å². The molecule has 0 radical (unpaired) electrons. The van der Waals surface area contributed by atoms with Gasteiger partial charge in [0.15, 0.2) is 11.5 Å². The number of anilines is 2. The first-order valence-electron chi connectivity index (χ1n) is 10.2. The number of nitrogens with one attached hydrogen (secondary N) is 2. The summed E-state index contributed by atoms with van der Waals surface area (Å²) in [6, 6.07) is 11.4. The first kappa shape index (κ1) is 23.6. The molecule has 1 saturated heterocycles. The van der Waals surface area contributed by atoms with Crippen LogP contribution in [0.3, 0.4) is 0 Å². The summed E-state index contributed by atoms with van der Waals surface area (Å²) in [6.45, 7) is 1.89. The molecule has 1 heterocycles. The fraction of sp³-hybridized carbons (Fsp3) is 0.364. The van der Waals surface area contributed by atoms with Gasteiger partial charge in [0.1, 0.15) is 0 Å². The molecule has 10 heteroatoms. The van der Waals surface area contributed by atoms with Crippen LogP contribution in [0.4, 0.5) is 11.4 Å². The molecule has 2 N–H and O–H groups in total. The van der Waals surface area contributed by atoms with Crippen molar-refractivity contribution in [3.8, 4) is 11.5 Å². The number of benzene rings is 2. The predicted molar refractivity (Wildman–Crippen MR) is 120 cm³/mol. The number of methoxy groups -OCH3 is 2. The largest absolute Gasteiger partial charge is 0.493 e. The van der Waals surface area contributed by atoms with E-state index in [2.05, 4.69) is 10.6 Å². The number of amides is 2. The van der Waals surface area contributed by atoms with Crippen molar-refractivity contribution in [1.82, 2.24) is 4.31 Å². The van der Waals surface area contributed by atoms with E-state index in [4.69, 9.17) is 9.47 Å². The van der Waals surface area contributed by atoms with Gasteiger partial charge in [0.25, 0.3) is 0 Å². The molecular formula is C22H27N3O6S. The molecule has 172 valence electrons. The van der Waals surface area contributed by atoms with Crippen LogP contribution < -0.4 is 20.1 Å². The van der Waals surface area contributed by atoms with E-state index in [-0.39, 0.29) is 35.7 Å². The summed E-state index contributed by atoms with van der Waals surface area (Å²) in [7, 11) is -0.786. The number of rotatable bonds is 7. The van der Waals surface area contributed by atoms with Crippen LogP contribution in [0, 0.1) is 5.92 Å². The Morgan fingerprint density at radius 3 is 2.16 bits per heavy atom. The van der Waals surface area contributed by atoms with E-state index in [0.29, 0.717) is 35.7 Å². The molecule has 0 spiro atoms. The Labute approximate surface area is 187 Å². The molecule has 0 aromatic heterocycles. The smallest absolute Gasteiger partial charge is 0.243 e. The van der Waals surface area contributed by atoms with E-state index in [9.17, 15) is 18.0 Å². The zero-order valence-electron chi connectivity index (χ0n) is 18.3. The number of sulfonamides is 1. The molecular weight excluding hydrogens is 434 g/mol. The zero-order chi connectivity index (χ0) is 23.3. The Hall–Kier alpha value is -3.11. The maximum absolute atomic E-state index is 13.0. The van der Waals surface area contributed by atoms with Crippen LogP contribution in [-0.2, 0) is 19.6 Å². The Bertz CT molecular complexity index is 1090. The maximum atomic E-state index is 13.0. The Morgan fingerprint density at radius 2 is 1.56 bits per heavy atom. The molecule has 1 fully saturated rings. The van der Waals surface area contributed by atoms with Gasteiger partial charge in [0.2, 0.25) is 21.8 Å². The summed E-state index contributed by atoms with van der Waals surface area (Å²) >= 11 is 0. The lowest BCUT2D eigenvalue weighted by molar-refractivity contribution is -0.121. The van der Waals surface area contributed by atoms with Crippen LogP contribution in [0.2, 0.25) is 0 Å². The second-order valence-electron chi connectivity index (χ2n) is 7.45. The third-order valence-corrected chi connectivity index (χ3v) is 7.16. The van der Waals surface area contributed by atoms with Crippen molar-refractivity contribution < 1.29 is 27.5 Å². The van der Waals surface area contributed by atoms with Crippen molar-refractivity contribution in [1.29, 1.82) is 0 Å². The van der Waals surface area contributed by atoms with E-state index >= 15 is 0 Å². The van der Waals surface area contributed by atoms with Crippen molar-refractivity contribution in [3.63, 3.8) is 0 Å². The number of carbonyl (C=O) groups is 2. The van der Waals surface area contributed by atoms with Crippen LogP contribution >= 0.6 is 0 Å². The lowest BCUT2D eigenvalue weighted by Crippen LogP contribution is -2.41. The average molecular weight is 462 g/mol. The highest BCUT2D eigenvalue weighted by atomic mass is 32.2. The van der Waals surface area contributed by atoms with E-state index in [1.54, 1.807) is 30.3 Å². The lowest BCUT2D eigenvalue weighted by atomic mass is 9.97. The summed E-state index contributed by atoms with van der Waals surface area (Å²) in [5.74, 6) is 0.106. The fourth-order valence-corrected chi connectivity index (χ4v) is 5.09. The third kappa shape index (κ3) is 5.38. The SMILES string of the molecule is COc1ccc(S(=O)(=O)N2CCC(C(=O)Nc3cccc(NC(C)=O)c3)CC2)cc1OC. The molecule has 1 aliphatic heterocycles. The maximum Gasteiger partial charge on any atom is 0.243 e. The number of hydrogen-bond donors (Lipinski definition) is 2. The van der Waals surface area contributed by atoms with Crippen LogP contribution in [0.1, 0.15) is 19.8 Å². The quantitative estimate of drug-likeness (QED) is 0.655. The van der Waals surface area contributed by atoms with Crippen LogP contribution in [0.15, 0.2) is 47.4 Å². The Morgan fingerprint density at radius 1 is 0.938 bits per heavy atom. The van der Waals surface area contributed by atoms with Crippen LogP contribution in [-0.4, -0.2) is 51.8 Å². The highest BCUT2D eigenvalue weighted by Gasteiger charge is 2.32. The summed E-state index contributed by atoms with van der Waals surface area (Å²) in [6.07, 6.45) is 0.813. The molecule has 0 bridgehead atoms. The van der Waals surface area contributed by atoms with Gasteiger partial charge in [-0.05, 0) is 43.2 Å². The van der Waals surface area contributed by atoms with Gasteiger partial charge < -0.3 is 20.1 Å². The topological polar surface area (TPSA) is 114 Å². The Kier molecular flexibility index (Phi) is 7.37. The normalized spacial score (nSPS) is 15.1. The van der Waals surface area contributed by atoms with E-state index in [0.717, 1.165) is 0 Å². The third-order valence-electron chi connectivity index (χ3n) is 5.27. The van der Waals surface area contributed by atoms with Gasteiger partial charge in [-0.25, -0.2) is 8.42 Å². The molecule has 0 aliphatic carbocycles. The molecule has 2 aromatic rings. The zero-order valence-corrected chi connectivity index (χ0v) is 19.1. The van der Waals surface area contributed by atoms with E-state index < -0.39 is 10.0 Å². The minimum atomic E-state index is -3.72. The molecule has 1 aliphatic rings. The molecule has 32 heavy (non-hydrogen) atoms. The predicted octanol–water partition coefficient (Wildman–Crippen LogP) is 2.70. The highest BCUT2D eigenvalue weighted by molar-refractivity contribution is 7.89. The highest BCUT2D eigenvalue weighted by Crippen LogP contribution is 2.32. The first-order valence-corrected chi connectivity index (χ1v) is 11.6. The van der Waals surface area contributed by atoms with Gasteiger partial charge in [-0.1, -0.05) is 6.07 Å². The fourth-order valence-electron chi connectivity index (χ4n) is 3.61. The molecule has 0 saturated carbocycles. The van der Waals surface area contributed by atoms with Crippen LogP contribution in [0.25, 0.3) is 0 Å². The van der Waals surface area contributed by atoms with Crippen molar-refractivity contribution in [2.45, 2.75) is 24.7 Å². The summed E-state index contributed by atoms with van der Waals surface area (Å²) in [5, 5.41) is 5.52. The number of hydrogen-bond acceptors (Lipinski definition) is 6. The lowest BCUT2D eigenvalue weighted by Gasteiger charge is -2.30. The van der Waals surface area contributed by atoms with Crippen molar-refractivity contribution in [2.75, 3.05) is 37.9 Å². The second-order valence-corrected chi connectivity index (χ2v) is 9.38. The van der Waals surface area contributed by atoms with Crippen LogP contribution in [0.5, 0.6) is 11.5 Å². The molecule has 0 unspecified atom stereocenters. The van der Waals surface area contributed by atoms with Crippen molar-refractivity contribution >= 4 is 33.2 Å². The first-order chi connectivity index (χ1) is 15.2. The second kappa shape index (κ2) is 10.0. The van der Waals surface area contributed by atoms with Gasteiger partial charge in [-0.15, -0.1) is 0 Å². The van der Waals surface area contributed by atoms with Crippen molar-refractivity contribution in [2.24, 2.45) is 5.92 Å². The van der Waals surface area contributed by atoms with Gasteiger partial charge in [-0.2, -0.15) is 4.31 Å². The van der Waals surface area contributed by atoms with Gasteiger partial charge >= 0.3 is 0 Å².